The van der Waals surface area contributed by atoms with Crippen molar-refractivity contribution in [3.8, 4) is 10.6 Å². The van der Waals surface area contributed by atoms with Crippen LogP contribution in [0.5, 0.6) is 0 Å². The minimum Gasteiger partial charge on any atom is -0.337 e. The minimum atomic E-state index is -0.493. The normalized spacial score (nSPS) is 14.1. The molecular weight excluding hydrogens is 500 g/mol. The zero-order valence-electron chi connectivity index (χ0n) is 24.0. The Labute approximate surface area is 238 Å². The summed E-state index contributed by atoms with van der Waals surface area (Å²) < 4.78 is 0. The summed E-state index contributed by atoms with van der Waals surface area (Å²) in [6, 6.07) is 18.0. The van der Waals surface area contributed by atoms with Gasteiger partial charge in [-0.05, 0) is 31.2 Å². The zero-order valence-corrected chi connectivity index (χ0v) is 24.8. The van der Waals surface area contributed by atoms with Crippen molar-refractivity contribution in [3.63, 3.8) is 0 Å². The van der Waals surface area contributed by atoms with E-state index >= 15 is 0 Å². The predicted molar refractivity (Wildman–Crippen MR) is 166 cm³/mol. The molecule has 3 aromatic rings. The van der Waals surface area contributed by atoms with Crippen LogP contribution in [0.2, 0.25) is 0 Å². The van der Waals surface area contributed by atoms with Crippen molar-refractivity contribution in [1.82, 2.24) is 9.88 Å². The highest BCUT2D eigenvalue weighted by atomic mass is 32.1. The van der Waals surface area contributed by atoms with E-state index in [1.165, 1.54) is 16.9 Å². The number of aldehydes is 1. The number of carbonyl (C=O) groups excluding carboxylic acids is 2. The molecule has 1 amide bonds. The predicted octanol–water partition coefficient (Wildman–Crippen LogP) is 8.46. The molecule has 39 heavy (non-hydrogen) atoms. The number of hydrogen-bond acceptors (Lipinski definition) is 4. The van der Waals surface area contributed by atoms with E-state index in [9.17, 15) is 9.59 Å². The molecule has 4 rings (SSSR count). The molecule has 0 saturated carbocycles. The van der Waals surface area contributed by atoms with Crippen molar-refractivity contribution in [2.24, 2.45) is 5.92 Å². The lowest BCUT2D eigenvalue weighted by atomic mass is 9.74. The van der Waals surface area contributed by atoms with Crippen LogP contribution in [0.1, 0.15) is 62.2 Å². The number of aromatic nitrogens is 1. The van der Waals surface area contributed by atoms with Crippen LogP contribution in [0.15, 0.2) is 96.9 Å². The minimum absolute atomic E-state index is 0.0535. The fourth-order valence-electron chi connectivity index (χ4n) is 4.10. The molecule has 0 atom stereocenters. The second-order valence-corrected chi connectivity index (χ2v) is 10.5. The Bertz CT molecular complexity index is 1230. The van der Waals surface area contributed by atoms with Gasteiger partial charge in [0.05, 0.1) is 5.41 Å². The first-order chi connectivity index (χ1) is 18.8. The maximum Gasteiger partial charge on any atom is 0.273 e. The fourth-order valence-corrected chi connectivity index (χ4v) is 4.90. The molecule has 1 aromatic heterocycles. The second-order valence-electron chi connectivity index (χ2n) is 9.66. The number of amides is 1. The average Bonchev–Trinajstić information content (AvgIpc) is 3.48. The molecule has 1 saturated heterocycles. The molecule has 0 spiro atoms. The number of hydrogen-bond donors (Lipinski definition) is 0. The second kappa shape index (κ2) is 15.7. The molecule has 206 valence electrons. The van der Waals surface area contributed by atoms with Gasteiger partial charge in [0.15, 0.2) is 0 Å². The molecule has 5 heteroatoms. The fraction of sp³-hybridized carbons (Fsp3) is 0.324. The Balaban J connectivity index is 0.000000415. The lowest BCUT2D eigenvalue weighted by Crippen LogP contribution is -2.46. The monoisotopic (exact) mass is 542 g/mol. The lowest BCUT2D eigenvalue weighted by molar-refractivity contribution is -0.114. The lowest BCUT2D eigenvalue weighted by Gasteiger charge is -2.38. The summed E-state index contributed by atoms with van der Waals surface area (Å²) in [7, 11) is 0. The van der Waals surface area contributed by atoms with Crippen LogP contribution in [0, 0.1) is 12.8 Å². The van der Waals surface area contributed by atoms with Gasteiger partial charge in [-0.15, -0.1) is 11.3 Å². The summed E-state index contributed by atoms with van der Waals surface area (Å²) in [6.07, 6.45) is 7.98. The summed E-state index contributed by atoms with van der Waals surface area (Å²) in [5, 5.41) is 2.68. The van der Waals surface area contributed by atoms with Gasteiger partial charge in [0, 0.05) is 24.0 Å². The van der Waals surface area contributed by atoms with Crippen LogP contribution in [-0.2, 0) is 10.2 Å². The topological polar surface area (TPSA) is 50.3 Å². The summed E-state index contributed by atoms with van der Waals surface area (Å²) >= 11 is 1.49. The van der Waals surface area contributed by atoms with Crippen LogP contribution in [0.4, 0.5) is 0 Å². The first-order valence-corrected chi connectivity index (χ1v) is 14.5. The number of likely N-dealkylation sites (tertiary alicyclic amines) is 1. The van der Waals surface area contributed by atoms with E-state index in [1.807, 2.05) is 97.8 Å². The van der Waals surface area contributed by atoms with Gasteiger partial charge in [0.1, 0.15) is 17.0 Å². The SMILES string of the molecule is C=C/C=C\C(=C)C(C)C.CC.Cc1ccc(-c2nc(C(=O)N3CCC(C=O)(c4ccccc4)CC3)cs2)cc1. The van der Waals surface area contributed by atoms with E-state index in [-0.39, 0.29) is 5.91 Å². The number of nitrogens with zero attached hydrogens (tertiary/aromatic N) is 2. The number of aryl methyl sites for hydroxylation is 1. The van der Waals surface area contributed by atoms with Gasteiger partial charge in [-0.25, -0.2) is 4.98 Å². The third-order valence-electron chi connectivity index (χ3n) is 6.73. The molecule has 1 aliphatic heterocycles. The summed E-state index contributed by atoms with van der Waals surface area (Å²) in [4.78, 5) is 31.2. The highest BCUT2D eigenvalue weighted by molar-refractivity contribution is 7.13. The van der Waals surface area contributed by atoms with E-state index < -0.39 is 5.41 Å². The zero-order chi connectivity index (χ0) is 28.8. The van der Waals surface area contributed by atoms with E-state index in [0.29, 0.717) is 37.5 Å². The number of carbonyl (C=O) groups is 2. The standard InChI is InChI=1S/C23H22N2O2S.C9H14.C2H6/c1-17-7-9-18(10-8-17)21-24-20(15-28-21)22(27)25-13-11-23(16-26,12-14-25)19-5-3-2-4-6-19;1-5-6-7-9(4)8(2)3;1-2/h2-10,15-16H,11-14H2,1H3;5-8H,1,4H2,2-3H3;1-2H3/b;7-6-;. The van der Waals surface area contributed by atoms with Crippen LogP contribution >= 0.6 is 11.3 Å². The molecular formula is C34H42N2O2S. The van der Waals surface area contributed by atoms with Gasteiger partial charge in [-0.1, -0.05) is 125 Å². The Hall–Kier alpha value is -3.57. The van der Waals surface area contributed by atoms with E-state index in [1.54, 1.807) is 6.08 Å². The maximum absolute atomic E-state index is 12.9. The van der Waals surface area contributed by atoms with Crippen molar-refractivity contribution in [2.45, 2.75) is 52.9 Å². The van der Waals surface area contributed by atoms with Gasteiger partial charge in [-0.3, -0.25) is 4.79 Å². The number of piperidine rings is 1. The molecule has 0 N–H and O–H groups in total. The van der Waals surface area contributed by atoms with E-state index in [4.69, 9.17) is 0 Å². The highest BCUT2D eigenvalue weighted by Crippen LogP contribution is 2.34. The quantitative estimate of drug-likeness (QED) is 0.222. The maximum atomic E-state index is 12.9. The van der Waals surface area contributed by atoms with Crippen molar-refractivity contribution >= 4 is 23.5 Å². The molecule has 0 radical (unpaired) electrons. The third-order valence-corrected chi connectivity index (χ3v) is 7.62. The number of allylic oxidation sites excluding steroid dienone is 4. The molecule has 0 bridgehead atoms. The van der Waals surface area contributed by atoms with Gasteiger partial charge in [0.2, 0.25) is 0 Å². The van der Waals surface area contributed by atoms with E-state index in [0.717, 1.165) is 28.0 Å². The van der Waals surface area contributed by atoms with Crippen LogP contribution in [0.3, 0.4) is 0 Å². The Kier molecular flexibility index (Phi) is 12.8. The first-order valence-electron chi connectivity index (χ1n) is 13.6. The Morgan fingerprint density at radius 1 is 1.05 bits per heavy atom. The molecule has 1 fully saturated rings. The van der Waals surface area contributed by atoms with E-state index in [2.05, 4.69) is 32.0 Å². The molecule has 2 aromatic carbocycles. The number of thiazole rings is 1. The summed E-state index contributed by atoms with van der Waals surface area (Å²) in [5.74, 6) is 0.489. The van der Waals surface area contributed by atoms with Crippen molar-refractivity contribution in [2.75, 3.05) is 13.1 Å². The highest BCUT2D eigenvalue weighted by Gasteiger charge is 2.37. The van der Waals surface area contributed by atoms with Crippen LogP contribution in [0.25, 0.3) is 10.6 Å². The molecule has 4 nitrogen and oxygen atoms in total. The number of benzene rings is 2. The third kappa shape index (κ3) is 8.72. The molecule has 0 unspecified atom stereocenters. The Morgan fingerprint density at radius 3 is 2.21 bits per heavy atom. The van der Waals surface area contributed by atoms with Gasteiger partial charge < -0.3 is 9.69 Å². The van der Waals surface area contributed by atoms with Gasteiger partial charge in [-0.2, -0.15) is 0 Å². The first kappa shape index (κ1) is 31.6. The number of rotatable bonds is 7. The largest absolute Gasteiger partial charge is 0.337 e. The van der Waals surface area contributed by atoms with Gasteiger partial charge in [0.25, 0.3) is 5.91 Å². The summed E-state index contributed by atoms with van der Waals surface area (Å²) in [5.41, 5.74) is 4.40. The van der Waals surface area contributed by atoms with Gasteiger partial charge >= 0.3 is 0 Å². The van der Waals surface area contributed by atoms with Crippen molar-refractivity contribution < 1.29 is 9.59 Å². The molecule has 0 aliphatic carbocycles. The molecule has 1 aliphatic rings. The average molecular weight is 543 g/mol. The van der Waals surface area contributed by atoms with Crippen LogP contribution < -0.4 is 0 Å². The van der Waals surface area contributed by atoms with Crippen molar-refractivity contribution in [1.29, 1.82) is 0 Å². The van der Waals surface area contributed by atoms with Crippen LogP contribution in [-0.4, -0.2) is 35.2 Å². The smallest absolute Gasteiger partial charge is 0.273 e. The summed E-state index contributed by atoms with van der Waals surface area (Å²) in [6.45, 7) is 18.8. The van der Waals surface area contributed by atoms with Crippen molar-refractivity contribution in [3.05, 3.63) is 114 Å². The molecule has 2 heterocycles. The Morgan fingerprint density at radius 2 is 1.67 bits per heavy atom.